The van der Waals surface area contributed by atoms with Gasteiger partial charge in [0.1, 0.15) is 61.0 Å². The first kappa shape index (κ1) is 107. The van der Waals surface area contributed by atoms with E-state index < -0.39 is 188 Å². The van der Waals surface area contributed by atoms with Crippen molar-refractivity contribution in [2.24, 2.45) is 5.92 Å². The minimum absolute atomic E-state index is 0. The summed E-state index contributed by atoms with van der Waals surface area (Å²) in [4.78, 5) is 33.3. The van der Waals surface area contributed by atoms with Gasteiger partial charge in [-0.3, -0.25) is 8.37 Å². The average Bonchev–Trinajstić information content (AvgIpc) is 1.61. The Labute approximate surface area is 698 Å². The molecule has 9 N–H and O–H groups in total. The maximum atomic E-state index is 11.8. The molecule has 43 heteroatoms. The van der Waals surface area contributed by atoms with Crippen molar-refractivity contribution in [1.82, 2.24) is 0 Å². The van der Waals surface area contributed by atoms with Gasteiger partial charge >= 0.3 is 126 Å². The molecule has 13 aliphatic heterocycles. The average molecular weight is 1820 g/mol. The van der Waals surface area contributed by atoms with Gasteiger partial charge in [-0.1, -0.05) is 28.2 Å². The number of hydrogen-bond acceptors (Lipinski definition) is 40. The Bertz CT molecular complexity index is 3320. The molecule has 117 heavy (non-hydrogen) atoms. The van der Waals surface area contributed by atoms with Crippen LogP contribution in [0.5, 0.6) is 0 Å². The summed E-state index contributed by atoms with van der Waals surface area (Å²) >= 11 is 2.41. The Kier molecular flexibility index (Phi) is 39.3. The number of fused-ring (bicyclic) bond motifs is 3. The number of methoxy groups -OCH3 is 2. The van der Waals surface area contributed by atoms with Gasteiger partial charge in [0.15, 0.2) is 76.8 Å². The Hall–Kier alpha value is -2.56. The van der Waals surface area contributed by atoms with E-state index >= 15 is 0 Å². The van der Waals surface area contributed by atoms with Crippen molar-refractivity contribution in [3.05, 3.63) is 11.5 Å². The van der Waals surface area contributed by atoms with Gasteiger partial charge in [0.05, 0.1) is 69.6 Å². The predicted molar refractivity (Wildman–Crippen MR) is 414 cm³/mol. The first-order valence-corrected chi connectivity index (χ1v) is 44.9. The van der Waals surface area contributed by atoms with Crippen molar-refractivity contribution in [1.29, 1.82) is 0 Å². The molecule has 39 nitrogen and oxygen atoms in total. The first-order valence-electron chi connectivity index (χ1n) is 38.0. The fraction of sp³-hybridized carbons (Fsp3) is 0.932. The first-order chi connectivity index (χ1) is 53.0. The fourth-order valence-electron chi connectivity index (χ4n) is 13.0. The number of rotatable bonds is 16. The van der Waals surface area contributed by atoms with Crippen molar-refractivity contribution in [2.45, 2.75) is 349 Å². The van der Waals surface area contributed by atoms with Gasteiger partial charge in [-0.2, -0.15) is 28.6 Å². The number of aliphatic hydroxyl groups is 9. The maximum absolute atomic E-state index is 11.8. The van der Waals surface area contributed by atoms with Crippen molar-refractivity contribution >= 4 is 64.9 Å². The van der Waals surface area contributed by atoms with E-state index in [1.807, 2.05) is 94.8 Å². The third-order valence-corrected chi connectivity index (χ3v) is 23.7. The molecule has 0 spiro atoms. The molecule has 0 amide bonds. The summed E-state index contributed by atoms with van der Waals surface area (Å²) < 4.78 is 172. The van der Waals surface area contributed by atoms with E-state index in [1.54, 1.807) is 62.7 Å². The van der Waals surface area contributed by atoms with E-state index in [0.717, 1.165) is 29.5 Å². The topological polar surface area (TPSA) is 514 Å². The van der Waals surface area contributed by atoms with Crippen LogP contribution in [0.4, 0.5) is 0 Å². The SMILES string of the molecule is C.CC(C)C.CC1(C)OC[C@@H]([C@@H](OS(C)(=O)=O)[C@@H]2OC(C)(C)O[C@@H]2COS(C)(=O)=O)O1.CC1(C)OC[C@@H]([C@@H]2SC[C@H]3OC(C)(C)O[C@@H]23)O1.CC1(C)OC[C@@H]([C@@H]2[Se]C[C@H]3OC(C)(C)O[C@@H]23)O1.CC1(C)OC[C@@H]([C@H]2OC(=O)[C@H]3OC(C)(C)O[C@@H]23)O1.CCO.COC(C)(C)OC.O=C1O[C@H]([C@@H](O)CO)C(O)=C1O.O=C1O[C@H]([C@@H](O)CO)[C@H](O)[C@@H]1O. The zero-order valence-corrected chi connectivity index (χ0v) is 75.4. The molecule has 0 unspecified atom stereocenters. The van der Waals surface area contributed by atoms with E-state index in [4.69, 9.17) is 144 Å². The Morgan fingerprint density at radius 2 is 0.991 bits per heavy atom. The van der Waals surface area contributed by atoms with Crippen LogP contribution in [0.25, 0.3) is 0 Å². The quantitative estimate of drug-likeness (QED) is 0.0353. The second kappa shape index (κ2) is 43.1. The Morgan fingerprint density at radius 3 is 1.42 bits per heavy atom. The Morgan fingerprint density at radius 1 is 0.538 bits per heavy atom. The van der Waals surface area contributed by atoms with Gasteiger partial charge in [-0.25, -0.2) is 14.4 Å². The predicted octanol–water partition coefficient (Wildman–Crippen LogP) is 2.81. The van der Waals surface area contributed by atoms with Gasteiger partial charge in [0.2, 0.25) is 5.76 Å². The number of thioether (sulfide) groups is 1. The number of aliphatic hydroxyl groups excluding tert-OH is 9. The third-order valence-electron chi connectivity index (χ3n) is 18.0. The third kappa shape index (κ3) is 32.4. The summed E-state index contributed by atoms with van der Waals surface area (Å²) in [7, 11) is -4.36. The molecular formula is C74H134O39S3Se. The standard InChI is InChI=1S/C14H26O10S2.C12H18O6.C12H20O4S.C12H20O4Se.C6H10O6.C6H8O6.C5H12O2.C4H10.C2H6O.CH4/c1-13(2)19-7-9(21-13)12(24-26(6,17)18)11-10(8-20-25(5,15)16)22-14(3,4)23-11;1-11(2)14-5-6(16-11)7-8-9(10(13)15-7)18-12(3,4)17-8;2*1-11(2)13-5-7(14-11)10-9-8(6-17-10)15-12(3,4)16-9;2*7-1-2(8)5-3(9)4(10)6(11)12-5;1-5(2,6-3)7-4;1-4(2)3;1-2-3;/h9-12H,7-8H2,1-6H3;6-9H,5H2,1-4H3;2*7-10H,5-6H2,1-4H3;2-5,7-10H,1H2;2,5,7-10H,1H2;1-4H3;4H,1-3H3;3H,2H2,1H3;1H4/t9-,10+,11+,12+;6-,7+,8-,9-;2*7-,8+,9+,10-;2-,3+,4-,5+;2-,5+;;;;/m000000..../s1. The number of carbonyl (C=O) groups is 3. The summed E-state index contributed by atoms with van der Waals surface area (Å²) in [5.74, 6) is -7.95. The molecule has 22 atom stereocenters. The molecule has 0 aliphatic carbocycles. The normalized spacial score (nSPS) is 35.6. The van der Waals surface area contributed by atoms with E-state index in [9.17, 15) is 31.2 Å². The van der Waals surface area contributed by atoms with Gasteiger partial charge in [0.25, 0.3) is 20.2 Å². The van der Waals surface area contributed by atoms with Crippen molar-refractivity contribution in [3.8, 4) is 0 Å². The van der Waals surface area contributed by atoms with Gasteiger partial charge < -0.3 is 126 Å². The van der Waals surface area contributed by atoms with Crippen LogP contribution in [-0.2, 0) is 142 Å². The van der Waals surface area contributed by atoms with E-state index in [1.165, 1.54) is 0 Å². The molecule has 13 rings (SSSR count). The number of cyclic esters (lactones) is 3. The molecule has 0 aromatic carbocycles. The molecule has 0 bridgehead atoms. The van der Waals surface area contributed by atoms with E-state index in [-0.39, 0.29) is 75.9 Å². The summed E-state index contributed by atoms with van der Waals surface area (Å²) in [5, 5.41) is 79.4. The number of esters is 3. The number of carbonyl (C=O) groups excluding carboxylic acids is 3. The Balaban J connectivity index is 0.000000289. The number of ether oxygens (including phenoxy) is 21. The minimum atomic E-state index is -3.87. The van der Waals surface area contributed by atoms with Crippen molar-refractivity contribution in [2.75, 3.05) is 85.3 Å². The monoisotopic (exact) mass is 1820 g/mol. The van der Waals surface area contributed by atoms with E-state index in [2.05, 4.69) is 30.2 Å². The van der Waals surface area contributed by atoms with Gasteiger partial charge in [-0.15, -0.1) is 0 Å². The zero-order valence-electron chi connectivity index (χ0n) is 71.3. The molecule has 0 aromatic heterocycles. The molecule has 13 heterocycles. The molecule has 12 fully saturated rings. The minimum Gasteiger partial charge on any atom is -0.505 e. The van der Waals surface area contributed by atoms with Crippen LogP contribution in [0.2, 0.25) is 10.1 Å². The molecule has 688 valence electrons. The maximum Gasteiger partial charge on any atom is 0.377 e. The molecule has 0 aromatic rings. The molecule has 0 radical (unpaired) electrons. The van der Waals surface area contributed by atoms with Crippen LogP contribution in [0, 0.1) is 5.92 Å². The van der Waals surface area contributed by atoms with Gasteiger partial charge in [-0.05, 0) is 110 Å². The smallest absolute Gasteiger partial charge is 0.377 e. The molecule has 13 aliphatic rings. The zero-order chi connectivity index (χ0) is 88.4. The van der Waals surface area contributed by atoms with Crippen LogP contribution in [0.15, 0.2) is 11.5 Å². The van der Waals surface area contributed by atoms with Crippen LogP contribution in [0.3, 0.4) is 0 Å². The van der Waals surface area contributed by atoms with Crippen LogP contribution >= 0.6 is 11.8 Å². The summed E-state index contributed by atoms with van der Waals surface area (Å²) in [5.41, 5.74) is 0. The molecule has 12 saturated heterocycles. The van der Waals surface area contributed by atoms with Crippen molar-refractivity contribution < 1.29 is 185 Å². The molecular weight excluding hydrogens is 1690 g/mol. The molecule has 0 saturated carbocycles. The fourth-order valence-corrected chi connectivity index (χ4v) is 18.4. The van der Waals surface area contributed by atoms with E-state index in [0.29, 0.717) is 44.8 Å². The number of hydrogen-bond donors (Lipinski definition) is 9. The van der Waals surface area contributed by atoms with Gasteiger partial charge in [0, 0.05) is 26.6 Å². The van der Waals surface area contributed by atoms with Crippen molar-refractivity contribution in [3.63, 3.8) is 0 Å². The van der Waals surface area contributed by atoms with Crippen LogP contribution in [-0.4, -0.2) is 360 Å². The summed E-state index contributed by atoms with van der Waals surface area (Å²) in [6.45, 7) is 41.9. The second-order valence-electron chi connectivity index (χ2n) is 33.4. The van der Waals surface area contributed by atoms with Crippen LogP contribution in [0.1, 0.15) is 160 Å². The largest absolute Gasteiger partial charge is 0.505 e. The summed E-state index contributed by atoms with van der Waals surface area (Å²) in [6, 6.07) is 0. The second-order valence-corrected chi connectivity index (χ2v) is 40.4. The van der Waals surface area contributed by atoms with Crippen LogP contribution < -0.4 is 0 Å². The summed E-state index contributed by atoms with van der Waals surface area (Å²) in [6.07, 6.45) is -11.1.